The van der Waals surface area contributed by atoms with Crippen molar-refractivity contribution in [1.29, 1.82) is 0 Å². The molecule has 4 nitrogen and oxygen atoms in total. The molecule has 0 N–H and O–H groups in total. The molecule has 1 saturated heterocycles. The van der Waals surface area contributed by atoms with Gasteiger partial charge in [-0.15, -0.1) is 0 Å². The molecule has 0 aromatic rings. The summed E-state index contributed by atoms with van der Waals surface area (Å²) in [6, 6.07) is 0. The lowest BCUT2D eigenvalue weighted by Crippen LogP contribution is -2.08. The molecule has 1 rings (SSSR count). The van der Waals surface area contributed by atoms with Crippen LogP contribution in [0.4, 0.5) is 0 Å². The van der Waals surface area contributed by atoms with Gasteiger partial charge in [-0.25, -0.2) is 0 Å². The van der Waals surface area contributed by atoms with Crippen LogP contribution in [-0.4, -0.2) is 25.2 Å². The Hall–Kier alpha value is -1.06. The first-order chi connectivity index (χ1) is 13.8. The Morgan fingerprint density at radius 1 is 0.357 bits per heavy atom. The van der Waals surface area contributed by atoms with E-state index in [2.05, 4.69) is 0 Å². The number of esters is 2. The summed E-state index contributed by atoms with van der Waals surface area (Å²) in [5.41, 5.74) is 0. The highest BCUT2D eigenvalue weighted by atomic mass is 16.5. The molecule has 0 saturated carbocycles. The van der Waals surface area contributed by atoms with Gasteiger partial charge < -0.3 is 9.47 Å². The Morgan fingerprint density at radius 2 is 0.607 bits per heavy atom. The highest BCUT2D eigenvalue weighted by Crippen LogP contribution is 2.14. The van der Waals surface area contributed by atoms with E-state index in [-0.39, 0.29) is 11.9 Å². The van der Waals surface area contributed by atoms with E-state index in [0.717, 1.165) is 38.5 Å². The fourth-order valence-corrected chi connectivity index (χ4v) is 3.73. The van der Waals surface area contributed by atoms with Crippen LogP contribution in [-0.2, 0) is 19.1 Å². The second kappa shape index (κ2) is 19.3. The maximum absolute atomic E-state index is 11.7. The molecule has 1 aliphatic rings. The molecule has 4 heteroatoms. The van der Waals surface area contributed by atoms with Gasteiger partial charge in [-0.05, 0) is 25.7 Å². The zero-order chi connectivity index (χ0) is 20.1. The van der Waals surface area contributed by atoms with Crippen molar-refractivity contribution in [3.8, 4) is 0 Å². The molecule has 1 fully saturated rings. The Kier molecular flexibility index (Phi) is 17.2. The Bertz CT molecular complexity index is 345. The van der Waals surface area contributed by atoms with E-state index in [1.807, 2.05) is 0 Å². The van der Waals surface area contributed by atoms with Crippen molar-refractivity contribution in [2.45, 2.75) is 128 Å². The van der Waals surface area contributed by atoms with Gasteiger partial charge in [0.1, 0.15) is 0 Å². The zero-order valence-corrected chi connectivity index (χ0v) is 18.2. The molecule has 0 aromatic carbocycles. The third-order valence-corrected chi connectivity index (χ3v) is 5.58. The second-order valence-corrected chi connectivity index (χ2v) is 8.30. The summed E-state index contributed by atoms with van der Waals surface area (Å²) in [7, 11) is 0. The summed E-state index contributed by atoms with van der Waals surface area (Å²) in [6.45, 7) is 0.882. The summed E-state index contributed by atoms with van der Waals surface area (Å²) in [5, 5.41) is 0. The van der Waals surface area contributed by atoms with Crippen molar-refractivity contribution in [2.24, 2.45) is 0 Å². The molecule has 1 heterocycles. The number of ether oxygens (including phenoxy) is 2. The first-order valence-electron chi connectivity index (χ1n) is 12.1. The molecule has 164 valence electrons. The van der Waals surface area contributed by atoms with Gasteiger partial charge in [-0.2, -0.15) is 0 Å². The molecule has 0 aliphatic carbocycles. The summed E-state index contributed by atoms with van der Waals surface area (Å²) in [5.74, 6) is -0.170. The maximum Gasteiger partial charge on any atom is 0.305 e. The fourth-order valence-electron chi connectivity index (χ4n) is 3.73. The third kappa shape index (κ3) is 17.1. The molecule has 0 aromatic heterocycles. The first-order valence-corrected chi connectivity index (χ1v) is 12.1. The molecule has 0 atom stereocenters. The van der Waals surface area contributed by atoms with E-state index in [4.69, 9.17) is 9.47 Å². The number of hydrogen-bond donors (Lipinski definition) is 0. The molecule has 0 amide bonds. The number of rotatable bonds is 0. The Balaban J connectivity index is 2.14. The summed E-state index contributed by atoms with van der Waals surface area (Å²) in [6.07, 6.45) is 22.7. The van der Waals surface area contributed by atoms with Gasteiger partial charge in [0.05, 0.1) is 13.2 Å². The fraction of sp³-hybridized carbons (Fsp3) is 0.917. The summed E-state index contributed by atoms with van der Waals surface area (Å²) in [4.78, 5) is 23.4. The van der Waals surface area contributed by atoms with E-state index in [1.165, 1.54) is 77.0 Å². The van der Waals surface area contributed by atoms with Crippen LogP contribution < -0.4 is 0 Å². The molecule has 0 bridgehead atoms. The van der Waals surface area contributed by atoms with Crippen molar-refractivity contribution in [1.82, 2.24) is 0 Å². The van der Waals surface area contributed by atoms with Crippen LogP contribution in [0.25, 0.3) is 0 Å². The van der Waals surface area contributed by atoms with Crippen molar-refractivity contribution < 1.29 is 19.1 Å². The van der Waals surface area contributed by atoms with Crippen LogP contribution in [0.15, 0.2) is 0 Å². The highest BCUT2D eigenvalue weighted by molar-refractivity contribution is 5.69. The molecule has 1 aliphatic heterocycles. The topological polar surface area (TPSA) is 52.6 Å². The van der Waals surface area contributed by atoms with Crippen molar-refractivity contribution >= 4 is 11.9 Å². The molecule has 0 spiro atoms. The average Bonchev–Trinajstić information content (AvgIpc) is 2.69. The van der Waals surface area contributed by atoms with Gasteiger partial charge in [0.15, 0.2) is 0 Å². The van der Waals surface area contributed by atoms with Crippen molar-refractivity contribution in [3.63, 3.8) is 0 Å². The van der Waals surface area contributed by atoms with Gasteiger partial charge in [0.2, 0.25) is 0 Å². The SMILES string of the molecule is O=C1CCCCCCCCCCCCCCCCCCC(=O)OCCCCO1. The molecule has 0 radical (unpaired) electrons. The lowest BCUT2D eigenvalue weighted by Gasteiger charge is -2.07. The summed E-state index contributed by atoms with van der Waals surface area (Å²) >= 11 is 0. The van der Waals surface area contributed by atoms with Gasteiger partial charge >= 0.3 is 11.9 Å². The third-order valence-electron chi connectivity index (χ3n) is 5.58. The molecule has 0 unspecified atom stereocenters. The van der Waals surface area contributed by atoms with Gasteiger partial charge in [-0.3, -0.25) is 9.59 Å². The van der Waals surface area contributed by atoms with Crippen molar-refractivity contribution in [3.05, 3.63) is 0 Å². The van der Waals surface area contributed by atoms with Crippen LogP contribution in [0.2, 0.25) is 0 Å². The Morgan fingerprint density at radius 3 is 0.893 bits per heavy atom. The second-order valence-electron chi connectivity index (χ2n) is 8.30. The normalized spacial score (nSPS) is 22.7. The van der Waals surface area contributed by atoms with Crippen LogP contribution in [0.1, 0.15) is 128 Å². The number of cyclic esters (lactones) is 2. The van der Waals surface area contributed by atoms with E-state index in [0.29, 0.717) is 26.1 Å². The van der Waals surface area contributed by atoms with Gasteiger partial charge in [-0.1, -0.05) is 89.9 Å². The quantitative estimate of drug-likeness (QED) is 0.418. The minimum Gasteiger partial charge on any atom is -0.466 e. The van der Waals surface area contributed by atoms with E-state index >= 15 is 0 Å². The smallest absolute Gasteiger partial charge is 0.305 e. The standard InChI is InChI=1S/C24H44O4/c25-23-19-15-13-11-9-7-5-3-1-2-4-6-8-10-12-14-16-20-24(26)28-22-18-17-21-27-23/h1-22H2. The number of carbonyl (C=O) groups excluding carboxylic acids is 2. The highest BCUT2D eigenvalue weighted by Gasteiger charge is 2.05. The van der Waals surface area contributed by atoms with Crippen LogP contribution in [0.3, 0.4) is 0 Å². The van der Waals surface area contributed by atoms with Crippen LogP contribution in [0, 0.1) is 0 Å². The van der Waals surface area contributed by atoms with Crippen LogP contribution >= 0.6 is 0 Å². The number of hydrogen-bond acceptors (Lipinski definition) is 4. The lowest BCUT2D eigenvalue weighted by atomic mass is 10.0. The van der Waals surface area contributed by atoms with Gasteiger partial charge in [0.25, 0.3) is 0 Å². The number of carbonyl (C=O) groups is 2. The zero-order valence-electron chi connectivity index (χ0n) is 18.2. The minimum atomic E-state index is -0.0848. The van der Waals surface area contributed by atoms with E-state index in [1.54, 1.807) is 0 Å². The molecular formula is C24H44O4. The summed E-state index contributed by atoms with van der Waals surface area (Å²) < 4.78 is 10.5. The molecule has 28 heavy (non-hydrogen) atoms. The predicted octanol–water partition coefficient (Wildman–Crippen LogP) is 6.89. The Labute approximate surface area is 173 Å². The van der Waals surface area contributed by atoms with E-state index < -0.39 is 0 Å². The minimum absolute atomic E-state index is 0.0848. The predicted molar refractivity (Wildman–Crippen MR) is 114 cm³/mol. The monoisotopic (exact) mass is 396 g/mol. The lowest BCUT2D eigenvalue weighted by molar-refractivity contribution is -0.146. The first kappa shape index (κ1) is 25.0. The maximum atomic E-state index is 11.7. The average molecular weight is 397 g/mol. The van der Waals surface area contributed by atoms with E-state index in [9.17, 15) is 9.59 Å². The van der Waals surface area contributed by atoms with Crippen LogP contribution in [0.5, 0.6) is 0 Å². The molecular weight excluding hydrogens is 352 g/mol. The largest absolute Gasteiger partial charge is 0.466 e. The van der Waals surface area contributed by atoms with Gasteiger partial charge in [0, 0.05) is 12.8 Å². The van der Waals surface area contributed by atoms with Crippen molar-refractivity contribution in [2.75, 3.05) is 13.2 Å².